The van der Waals surface area contributed by atoms with E-state index >= 15 is 0 Å². The van der Waals surface area contributed by atoms with Gasteiger partial charge in [-0.15, -0.1) is 0 Å². The Balaban J connectivity index is -0.0000000112. The first kappa shape index (κ1) is 38.2. The summed E-state index contributed by atoms with van der Waals surface area (Å²) < 4.78 is 0. The van der Waals surface area contributed by atoms with Gasteiger partial charge in [-0.3, -0.25) is 0 Å². The van der Waals surface area contributed by atoms with E-state index in [1.54, 1.807) is 0 Å². The maximum Gasteiger partial charge on any atom is 2.00 e. The fourth-order valence-corrected chi connectivity index (χ4v) is 0. The molecule has 0 heterocycles. The molecule has 0 saturated carbocycles. The van der Waals surface area contributed by atoms with Crippen molar-refractivity contribution < 1.29 is 41.0 Å². The first-order valence-electron chi connectivity index (χ1n) is 1.22. The molecule has 0 amide bonds. The summed E-state index contributed by atoms with van der Waals surface area (Å²) in [6.07, 6.45) is -4.67. The van der Waals surface area contributed by atoms with E-state index in [1.807, 2.05) is 0 Å². The summed E-state index contributed by atoms with van der Waals surface area (Å²) in [4.78, 5) is 16.7. The quantitative estimate of drug-likeness (QED) is 0.375. The van der Waals surface area contributed by atoms with Crippen LogP contribution < -0.4 is 20.4 Å². The molecule has 0 fully saturated rings. The van der Waals surface area contributed by atoms with E-state index in [-0.39, 0.29) is 86.4 Å². The van der Waals surface area contributed by atoms with Crippen LogP contribution in [0.25, 0.3) is 0 Å². The zero-order valence-corrected chi connectivity index (χ0v) is 10.3. The third-order valence-corrected chi connectivity index (χ3v) is 0. The molecule has 0 saturated heterocycles. The number of carbonyl (C=O) groups is 2. The number of hydrogen-bond donors (Lipinski definition) is 0. The van der Waals surface area contributed by atoms with Crippen molar-refractivity contribution in [3.05, 3.63) is 0 Å². The summed E-state index contributed by atoms with van der Waals surface area (Å²) in [5.41, 5.74) is 0. The van der Waals surface area contributed by atoms with E-state index in [9.17, 15) is 0 Å². The van der Waals surface area contributed by atoms with Crippen molar-refractivity contribution in [2.24, 2.45) is 0 Å². The minimum atomic E-state index is -2.33. The fourth-order valence-electron chi connectivity index (χ4n) is 0. The van der Waals surface area contributed by atoms with Crippen LogP contribution in [-0.2, 0) is 0 Å². The largest absolute Gasteiger partial charge is 2.00 e. The average Bonchev–Trinajstić information content (AvgIpc) is 1.25. The second kappa shape index (κ2) is 29.6. The third-order valence-electron chi connectivity index (χ3n) is 0. The Hall–Kier alpha value is 0.979. The maximum atomic E-state index is 8.33. The molecule has 12 heavy (non-hydrogen) atoms. The standard InChI is InChI=1S/2CH2O3.2Ca.2H2O/c2*2-1(3)4;;;;/h2*(H2,2,3,4);;;2*1H2/q;;2*+2;;/p-4. The Morgan fingerprint density at radius 3 is 0.667 bits per heavy atom. The van der Waals surface area contributed by atoms with Crippen molar-refractivity contribution in [2.45, 2.75) is 0 Å². The summed E-state index contributed by atoms with van der Waals surface area (Å²) in [7, 11) is 0. The van der Waals surface area contributed by atoms with Gasteiger partial charge < -0.3 is 41.0 Å². The van der Waals surface area contributed by atoms with Crippen LogP contribution in [0.2, 0.25) is 0 Å². The monoisotopic (exact) mass is 236 g/mol. The zero-order chi connectivity index (χ0) is 7.15. The molecular weight excluding hydrogens is 232 g/mol. The van der Waals surface area contributed by atoms with Crippen molar-refractivity contribution in [2.75, 3.05) is 0 Å². The van der Waals surface area contributed by atoms with Crippen LogP contribution >= 0.6 is 0 Å². The Bertz CT molecular complexity index is 73.1. The number of hydrogen-bond acceptors (Lipinski definition) is 6. The summed E-state index contributed by atoms with van der Waals surface area (Å²) in [6, 6.07) is 0. The summed E-state index contributed by atoms with van der Waals surface area (Å²) >= 11 is 0. The molecule has 0 unspecified atom stereocenters. The first-order valence-corrected chi connectivity index (χ1v) is 1.22. The smallest absolute Gasteiger partial charge is 0.652 e. The molecule has 4 N–H and O–H groups in total. The van der Waals surface area contributed by atoms with Crippen molar-refractivity contribution in [1.82, 2.24) is 0 Å². The van der Waals surface area contributed by atoms with Crippen LogP contribution in [0.15, 0.2) is 0 Å². The van der Waals surface area contributed by atoms with Gasteiger partial charge >= 0.3 is 75.5 Å². The Morgan fingerprint density at radius 1 is 0.667 bits per heavy atom. The Kier molecular flexibility index (Phi) is 94.5. The molecule has 0 aliphatic rings. The molecule has 0 aliphatic heterocycles. The molecule has 10 heteroatoms. The van der Waals surface area contributed by atoms with Gasteiger partial charge in [-0.1, -0.05) is 0 Å². The van der Waals surface area contributed by atoms with E-state index < -0.39 is 12.3 Å². The van der Waals surface area contributed by atoms with Crippen molar-refractivity contribution in [3.8, 4) is 0 Å². The molecule has 0 aliphatic carbocycles. The third kappa shape index (κ3) is 1140. The van der Waals surface area contributed by atoms with Gasteiger partial charge in [-0.25, -0.2) is 0 Å². The van der Waals surface area contributed by atoms with E-state index in [4.69, 9.17) is 30.0 Å². The molecule has 0 bridgehead atoms. The second-order valence-electron chi connectivity index (χ2n) is 0.500. The molecule has 0 aromatic carbocycles. The van der Waals surface area contributed by atoms with Crippen LogP contribution in [0.5, 0.6) is 0 Å². The Morgan fingerprint density at radius 2 is 0.667 bits per heavy atom. The molecule has 0 rings (SSSR count). The SMILES string of the molecule is O.O.O=C([O-])[O-].O=C([O-])[O-].[Ca+2].[Ca+2]. The number of carbonyl (C=O) groups excluding carboxylic acids is 2. The van der Waals surface area contributed by atoms with Crippen LogP contribution in [-0.4, -0.2) is 98.7 Å². The van der Waals surface area contributed by atoms with Crippen molar-refractivity contribution in [3.63, 3.8) is 0 Å². The molecule has 8 nitrogen and oxygen atoms in total. The number of rotatable bonds is 0. The van der Waals surface area contributed by atoms with Gasteiger partial charge in [0.1, 0.15) is 0 Å². The zero-order valence-electron chi connectivity index (χ0n) is 5.86. The fraction of sp³-hybridized carbons (Fsp3) is 0. The van der Waals surface area contributed by atoms with Crippen LogP contribution in [0.1, 0.15) is 0 Å². The van der Waals surface area contributed by atoms with Crippen molar-refractivity contribution in [1.29, 1.82) is 0 Å². The van der Waals surface area contributed by atoms with Gasteiger partial charge in [0.15, 0.2) is 0 Å². The van der Waals surface area contributed by atoms with Gasteiger partial charge in [0.2, 0.25) is 0 Å². The summed E-state index contributed by atoms with van der Waals surface area (Å²) in [6.45, 7) is 0. The normalized spacial score (nSPS) is 4.00. The van der Waals surface area contributed by atoms with Crippen molar-refractivity contribution >= 4 is 87.8 Å². The summed E-state index contributed by atoms with van der Waals surface area (Å²) in [5, 5.41) is 33.3. The maximum absolute atomic E-state index is 8.33. The van der Waals surface area contributed by atoms with E-state index in [0.29, 0.717) is 0 Å². The van der Waals surface area contributed by atoms with E-state index in [0.717, 1.165) is 0 Å². The van der Waals surface area contributed by atoms with Gasteiger partial charge in [-0.2, -0.15) is 0 Å². The average molecular weight is 236 g/mol. The van der Waals surface area contributed by atoms with E-state index in [1.165, 1.54) is 0 Å². The van der Waals surface area contributed by atoms with E-state index in [2.05, 4.69) is 0 Å². The molecule has 0 aromatic rings. The van der Waals surface area contributed by atoms with Crippen LogP contribution in [0.4, 0.5) is 9.59 Å². The molecule has 0 spiro atoms. The molecular formula is C2H4Ca2O8. The predicted octanol–water partition coefficient (Wildman–Crippen LogP) is -7.30. The van der Waals surface area contributed by atoms with Gasteiger partial charge in [0, 0.05) is 0 Å². The van der Waals surface area contributed by atoms with Gasteiger partial charge in [0.25, 0.3) is 0 Å². The predicted molar refractivity (Wildman–Crippen MR) is 29.5 cm³/mol. The molecule has 0 radical (unpaired) electrons. The van der Waals surface area contributed by atoms with Gasteiger partial charge in [0.05, 0.1) is 0 Å². The van der Waals surface area contributed by atoms with Crippen LogP contribution in [0, 0.1) is 0 Å². The summed E-state index contributed by atoms with van der Waals surface area (Å²) in [5.74, 6) is 0. The minimum absolute atomic E-state index is 0. The van der Waals surface area contributed by atoms with Crippen LogP contribution in [0.3, 0.4) is 0 Å². The molecule has 0 atom stereocenters. The minimum Gasteiger partial charge on any atom is -0.652 e. The second-order valence-corrected chi connectivity index (χ2v) is 0.500. The molecule has 64 valence electrons. The van der Waals surface area contributed by atoms with Gasteiger partial charge in [-0.05, 0) is 12.3 Å². The number of carboxylic acid groups (broad SMARTS) is 4. The first-order chi connectivity index (χ1) is 3.46. The molecule has 0 aromatic heterocycles. The topological polar surface area (TPSA) is 189 Å². The Labute approximate surface area is 127 Å².